The summed E-state index contributed by atoms with van der Waals surface area (Å²) in [7, 11) is -2.49. The van der Waals surface area contributed by atoms with Crippen molar-refractivity contribution in [3.05, 3.63) is 52.9 Å². The van der Waals surface area contributed by atoms with Crippen LogP contribution in [0.2, 0.25) is 0 Å². The van der Waals surface area contributed by atoms with Gasteiger partial charge in [0.2, 0.25) is 5.91 Å². The Hall–Kier alpha value is -2.45. The van der Waals surface area contributed by atoms with Gasteiger partial charge in [-0.15, -0.1) is 0 Å². The molecule has 2 saturated carbocycles. The Morgan fingerprint density at radius 1 is 1.07 bits per heavy atom. The largest absolute Gasteiger partial charge is 0.387 e. The van der Waals surface area contributed by atoms with Gasteiger partial charge in [-0.2, -0.15) is 4.36 Å². The van der Waals surface area contributed by atoms with Gasteiger partial charge in [0, 0.05) is 64.5 Å². The number of aliphatic hydroxyl groups is 1. The summed E-state index contributed by atoms with van der Waals surface area (Å²) in [5.41, 5.74) is 0.171. The molecule has 7 nitrogen and oxygen atoms in total. The number of carbonyl (C=O) groups excluding carboxylic acids is 1. The fraction of sp³-hybridized carbons (Fsp3) is 0.636. The van der Waals surface area contributed by atoms with Crippen molar-refractivity contribution in [1.29, 1.82) is 0 Å². The van der Waals surface area contributed by atoms with Gasteiger partial charge in [0.25, 0.3) is 5.56 Å². The Morgan fingerprint density at radius 3 is 2.41 bits per heavy atom. The lowest BCUT2D eigenvalue weighted by molar-refractivity contribution is -0.163. The van der Waals surface area contributed by atoms with Gasteiger partial charge in [-0.3, -0.25) is 9.59 Å². The highest BCUT2D eigenvalue weighted by atomic mass is 32.2. The number of piperidine rings is 1. The summed E-state index contributed by atoms with van der Waals surface area (Å²) in [6.07, 6.45) is 16.3. The van der Waals surface area contributed by atoms with Crippen LogP contribution in [-0.2, 0) is 21.1 Å². The molecule has 1 saturated heterocycles. The van der Waals surface area contributed by atoms with Crippen molar-refractivity contribution in [3.63, 3.8) is 0 Å². The van der Waals surface area contributed by atoms with Gasteiger partial charge in [-0.1, -0.05) is 82.2 Å². The quantitative estimate of drug-likeness (QED) is 0.434. The van der Waals surface area contributed by atoms with Crippen LogP contribution in [0.1, 0.15) is 77.6 Å². The summed E-state index contributed by atoms with van der Waals surface area (Å²) in [4.78, 5) is 29.1. The fourth-order valence-corrected chi connectivity index (χ4v) is 8.37. The van der Waals surface area contributed by atoms with Crippen LogP contribution in [0.3, 0.4) is 0 Å². The minimum absolute atomic E-state index is 0.00184. The van der Waals surface area contributed by atoms with Crippen LogP contribution in [0, 0.1) is 17.3 Å². The second kappa shape index (κ2) is 12.0. The summed E-state index contributed by atoms with van der Waals surface area (Å²) >= 11 is 0. The minimum atomic E-state index is -2.49. The van der Waals surface area contributed by atoms with Crippen molar-refractivity contribution < 1.29 is 14.1 Å². The first-order valence-corrected chi connectivity index (χ1v) is 17.8. The zero-order valence-electron chi connectivity index (χ0n) is 25.0. The molecule has 1 N–H and O–H groups in total. The summed E-state index contributed by atoms with van der Waals surface area (Å²) in [5.74, 6) is 0.865. The van der Waals surface area contributed by atoms with Crippen molar-refractivity contribution >= 4 is 21.3 Å². The first-order valence-electron chi connectivity index (χ1n) is 15.5. The molecule has 0 radical (unpaired) electrons. The number of pyridine rings is 1. The van der Waals surface area contributed by atoms with Gasteiger partial charge in [0.05, 0.1) is 17.8 Å². The van der Waals surface area contributed by atoms with Crippen molar-refractivity contribution in [2.45, 2.75) is 89.7 Å². The highest BCUT2D eigenvalue weighted by molar-refractivity contribution is 7.92. The zero-order chi connectivity index (χ0) is 29.3. The number of rotatable bonds is 7. The Kier molecular flexibility index (Phi) is 8.82. The Labute approximate surface area is 245 Å². The molecule has 2 unspecified atom stereocenters. The molecule has 3 aliphatic rings. The molecule has 2 aliphatic carbocycles. The number of likely N-dealkylation sites (tertiary alicyclic amines) is 1. The summed E-state index contributed by atoms with van der Waals surface area (Å²) < 4.78 is 18.8. The third-order valence-electron chi connectivity index (χ3n) is 9.92. The predicted molar refractivity (Wildman–Crippen MR) is 166 cm³/mol. The summed E-state index contributed by atoms with van der Waals surface area (Å²) in [5, 5.41) is 12.3. The number of amides is 1. The SMILES string of the molecule is CC(CC1CCCCC1)C(=O)N1CCC(O)(Cn2cc(N=S(C)(C)=O)c(-c3ccccc3)cc2=O)C2(CCCC2)C1. The number of hydrogen-bond donors (Lipinski definition) is 1. The van der Waals surface area contributed by atoms with Crippen LogP contribution in [0.4, 0.5) is 5.69 Å². The second-order valence-electron chi connectivity index (χ2n) is 13.3. The molecule has 1 spiro atoms. The molecule has 1 amide bonds. The van der Waals surface area contributed by atoms with E-state index in [1.807, 2.05) is 35.2 Å². The van der Waals surface area contributed by atoms with Crippen molar-refractivity contribution in [1.82, 2.24) is 9.47 Å². The number of benzene rings is 1. The zero-order valence-corrected chi connectivity index (χ0v) is 25.8. The van der Waals surface area contributed by atoms with E-state index in [2.05, 4.69) is 11.3 Å². The maximum Gasteiger partial charge on any atom is 0.251 e. The van der Waals surface area contributed by atoms with Crippen LogP contribution in [0.15, 0.2) is 51.8 Å². The summed E-state index contributed by atoms with van der Waals surface area (Å²) in [6, 6.07) is 11.1. The van der Waals surface area contributed by atoms with Gasteiger partial charge in [0.1, 0.15) is 0 Å². The molecule has 5 rings (SSSR count). The van der Waals surface area contributed by atoms with Gasteiger partial charge in [0.15, 0.2) is 0 Å². The lowest BCUT2D eigenvalue weighted by atomic mass is 9.65. The highest BCUT2D eigenvalue weighted by Crippen LogP contribution is 2.52. The van der Waals surface area contributed by atoms with Crippen LogP contribution < -0.4 is 5.56 Å². The van der Waals surface area contributed by atoms with Crippen LogP contribution in [0.25, 0.3) is 11.1 Å². The molecular weight excluding hydrogens is 534 g/mol. The number of carbonyl (C=O) groups is 1. The van der Waals surface area contributed by atoms with E-state index in [0.717, 1.165) is 37.7 Å². The topological polar surface area (TPSA) is 92.0 Å². The van der Waals surface area contributed by atoms with E-state index in [-0.39, 0.29) is 23.9 Å². The molecule has 2 aromatic rings. The van der Waals surface area contributed by atoms with E-state index in [4.69, 9.17) is 0 Å². The van der Waals surface area contributed by atoms with Crippen LogP contribution >= 0.6 is 0 Å². The fourth-order valence-electron chi connectivity index (χ4n) is 7.75. The lowest BCUT2D eigenvalue weighted by Gasteiger charge is -2.53. The van der Waals surface area contributed by atoms with E-state index in [1.165, 1.54) is 32.1 Å². The van der Waals surface area contributed by atoms with Gasteiger partial charge in [-0.25, -0.2) is 4.21 Å². The average Bonchev–Trinajstić information content (AvgIpc) is 3.42. The Balaban J connectivity index is 1.41. The van der Waals surface area contributed by atoms with E-state index in [9.17, 15) is 18.9 Å². The van der Waals surface area contributed by atoms with E-state index in [0.29, 0.717) is 36.7 Å². The maximum absolute atomic E-state index is 13.6. The van der Waals surface area contributed by atoms with Crippen molar-refractivity contribution in [2.24, 2.45) is 21.6 Å². The second-order valence-corrected chi connectivity index (χ2v) is 15.9. The maximum atomic E-state index is 13.6. The standard InChI is InChI=1S/C33H47N3O4S/c1-25(20-26-12-6-4-7-13-26)31(38)35-19-18-33(39,32(23-35)16-10-11-17-32)24-36-22-29(34-41(2,3)40)28(21-30(36)37)27-14-8-5-9-15-27/h5,8-9,14-15,21-22,25-26,39H,4,6-7,10-13,16-20,23-24H2,1-3H3. The van der Waals surface area contributed by atoms with E-state index in [1.54, 1.807) is 29.3 Å². The Morgan fingerprint density at radius 2 is 1.76 bits per heavy atom. The number of nitrogens with zero attached hydrogens (tertiary/aromatic N) is 3. The average molecular weight is 582 g/mol. The molecule has 8 heteroatoms. The first kappa shape index (κ1) is 30.0. The molecule has 1 aromatic carbocycles. The van der Waals surface area contributed by atoms with Gasteiger partial charge < -0.3 is 14.6 Å². The van der Waals surface area contributed by atoms with Gasteiger partial charge in [-0.05, 0) is 37.2 Å². The molecule has 224 valence electrons. The molecule has 0 bridgehead atoms. The third-order valence-corrected chi connectivity index (χ3v) is 10.6. The molecule has 1 aromatic heterocycles. The van der Waals surface area contributed by atoms with E-state index >= 15 is 0 Å². The first-order chi connectivity index (χ1) is 19.5. The molecular formula is C33H47N3O4S. The van der Waals surface area contributed by atoms with Crippen molar-refractivity contribution in [2.75, 3.05) is 25.6 Å². The predicted octanol–water partition coefficient (Wildman–Crippen LogP) is 6.00. The number of hydrogen-bond acceptors (Lipinski definition) is 5. The Bertz CT molecular complexity index is 1410. The lowest BCUT2D eigenvalue weighted by Crippen LogP contribution is -2.62. The monoisotopic (exact) mass is 581 g/mol. The van der Waals surface area contributed by atoms with Crippen LogP contribution in [-0.4, -0.2) is 55.9 Å². The third kappa shape index (κ3) is 6.64. The van der Waals surface area contributed by atoms with Crippen molar-refractivity contribution in [3.8, 4) is 11.1 Å². The molecule has 2 atom stereocenters. The number of aromatic nitrogens is 1. The van der Waals surface area contributed by atoms with Gasteiger partial charge >= 0.3 is 0 Å². The normalized spacial score (nSPS) is 24.0. The summed E-state index contributed by atoms with van der Waals surface area (Å²) in [6.45, 7) is 3.26. The highest BCUT2D eigenvalue weighted by Gasteiger charge is 2.55. The van der Waals surface area contributed by atoms with E-state index < -0.39 is 20.7 Å². The molecule has 1 aliphatic heterocycles. The molecule has 3 fully saturated rings. The molecule has 2 heterocycles. The van der Waals surface area contributed by atoms with Crippen LogP contribution in [0.5, 0.6) is 0 Å². The molecule has 41 heavy (non-hydrogen) atoms. The minimum Gasteiger partial charge on any atom is -0.387 e. The smallest absolute Gasteiger partial charge is 0.251 e.